The van der Waals surface area contributed by atoms with Gasteiger partial charge in [-0.25, -0.2) is 23.1 Å². The summed E-state index contributed by atoms with van der Waals surface area (Å²) in [5.41, 5.74) is 1.80. The molecule has 0 amide bonds. The summed E-state index contributed by atoms with van der Waals surface area (Å²) in [6.45, 7) is 3.43. The van der Waals surface area contributed by atoms with Crippen molar-refractivity contribution < 1.29 is 17.9 Å². The molecule has 0 radical (unpaired) electrons. The highest BCUT2D eigenvalue weighted by Crippen LogP contribution is 2.36. The second kappa shape index (κ2) is 8.25. The van der Waals surface area contributed by atoms with E-state index in [0.717, 1.165) is 17.2 Å². The van der Waals surface area contributed by atoms with E-state index in [4.69, 9.17) is 4.74 Å². The topological polar surface area (TPSA) is 75.7 Å². The first-order valence-corrected chi connectivity index (χ1v) is 9.57. The minimum atomic E-state index is -2.89. The number of H-pyrrole nitrogens is 1. The van der Waals surface area contributed by atoms with Gasteiger partial charge in [0.1, 0.15) is 23.2 Å². The van der Waals surface area contributed by atoms with Crippen LogP contribution in [0, 0.1) is 12.7 Å². The molecule has 0 aliphatic carbocycles. The maximum atomic E-state index is 14.6. The first kappa shape index (κ1) is 20.6. The Labute approximate surface area is 176 Å². The van der Waals surface area contributed by atoms with Gasteiger partial charge >= 0.3 is 0 Å². The van der Waals surface area contributed by atoms with Crippen molar-refractivity contribution in [3.05, 3.63) is 65.5 Å². The number of hydrogen-bond donors (Lipinski definition) is 2. The van der Waals surface area contributed by atoms with Crippen molar-refractivity contribution in [2.24, 2.45) is 0 Å². The standard InChI is InChI=1S/C22H20F3N5O/c1-11(14-5-4-6-15(20(14)23)21(24)25)28-22-17-8-19(31-3)16(13-9-26-27-10-13)7-18(17)29-12(2)30-22/h4-11,21H,1-3H3,(H,26,27)(H,28,29,30)/t11-/m1/s1. The van der Waals surface area contributed by atoms with Crippen LogP contribution in [-0.2, 0) is 0 Å². The van der Waals surface area contributed by atoms with Gasteiger partial charge in [0.2, 0.25) is 0 Å². The number of aromatic amines is 1. The third-order valence-electron chi connectivity index (χ3n) is 5.05. The maximum Gasteiger partial charge on any atom is 0.266 e. The van der Waals surface area contributed by atoms with Crippen LogP contribution in [0.15, 0.2) is 42.7 Å². The number of hydrogen-bond acceptors (Lipinski definition) is 5. The van der Waals surface area contributed by atoms with Crippen molar-refractivity contribution in [3.63, 3.8) is 0 Å². The highest BCUT2D eigenvalue weighted by atomic mass is 19.3. The van der Waals surface area contributed by atoms with Gasteiger partial charge in [-0.2, -0.15) is 5.10 Å². The molecule has 4 rings (SSSR count). The van der Waals surface area contributed by atoms with E-state index in [2.05, 4.69) is 25.5 Å². The third kappa shape index (κ3) is 3.90. The van der Waals surface area contributed by atoms with Crippen LogP contribution in [0.4, 0.5) is 19.0 Å². The molecular weight excluding hydrogens is 407 g/mol. The summed E-state index contributed by atoms with van der Waals surface area (Å²) in [6.07, 6.45) is 0.537. The van der Waals surface area contributed by atoms with Gasteiger partial charge in [-0.15, -0.1) is 0 Å². The van der Waals surface area contributed by atoms with E-state index in [1.165, 1.54) is 12.1 Å². The first-order chi connectivity index (χ1) is 14.9. The van der Waals surface area contributed by atoms with Gasteiger partial charge in [0.05, 0.1) is 30.4 Å². The third-order valence-corrected chi connectivity index (χ3v) is 5.05. The zero-order chi connectivity index (χ0) is 22.1. The lowest BCUT2D eigenvalue weighted by molar-refractivity contribution is 0.146. The molecule has 0 aliphatic rings. The van der Waals surface area contributed by atoms with Crippen LogP contribution >= 0.6 is 0 Å². The Morgan fingerprint density at radius 1 is 1.13 bits per heavy atom. The monoisotopic (exact) mass is 427 g/mol. The number of halogens is 3. The molecular formula is C22H20F3N5O. The molecule has 0 spiro atoms. The van der Waals surface area contributed by atoms with Gasteiger partial charge in [-0.3, -0.25) is 5.10 Å². The molecule has 0 bridgehead atoms. The minimum absolute atomic E-state index is 0.129. The van der Waals surface area contributed by atoms with Gasteiger partial charge in [0, 0.05) is 28.3 Å². The first-order valence-electron chi connectivity index (χ1n) is 9.57. The molecule has 0 saturated carbocycles. The van der Waals surface area contributed by atoms with Crippen LogP contribution in [0.5, 0.6) is 5.75 Å². The van der Waals surface area contributed by atoms with Crippen molar-refractivity contribution in [1.29, 1.82) is 0 Å². The van der Waals surface area contributed by atoms with E-state index in [1.807, 2.05) is 6.07 Å². The number of rotatable bonds is 6. The molecule has 4 aromatic rings. The Bertz CT molecular complexity index is 1230. The van der Waals surface area contributed by atoms with Gasteiger partial charge in [0.25, 0.3) is 6.43 Å². The number of ether oxygens (including phenoxy) is 1. The SMILES string of the molecule is COc1cc2c(N[C@H](C)c3cccc(C(F)F)c3F)nc(C)nc2cc1-c1cn[nH]c1. The molecule has 31 heavy (non-hydrogen) atoms. The molecule has 0 saturated heterocycles. The number of benzene rings is 2. The zero-order valence-corrected chi connectivity index (χ0v) is 17.1. The second-order valence-electron chi connectivity index (χ2n) is 7.09. The van der Waals surface area contributed by atoms with Crippen LogP contribution in [-0.4, -0.2) is 27.3 Å². The lowest BCUT2D eigenvalue weighted by Gasteiger charge is -2.19. The molecule has 2 aromatic carbocycles. The summed E-state index contributed by atoms with van der Waals surface area (Å²) in [4.78, 5) is 8.96. The van der Waals surface area contributed by atoms with Crippen molar-refractivity contribution in [2.45, 2.75) is 26.3 Å². The van der Waals surface area contributed by atoms with E-state index >= 15 is 0 Å². The summed E-state index contributed by atoms with van der Waals surface area (Å²) in [7, 11) is 1.56. The fourth-order valence-corrected chi connectivity index (χ4v) is 3.53. The van der Waals surface area contributed by atoms with Crippen molar-refractivity contribution >= 4 is 16.7 Å². The van der Waals surface area contributed by atoms with E-state index in [1.54, 1.807) is 39.4 Å². The van der Waals surface area contributed by atoms with Gasteiger partial charge in [0.15, 0.2) is 0 Å². The predicted molar refractivity (Wildman–Crippen MR) is 112 cm³/mol. The fraction of sp³-hybridized carbons (Fsp3) is 0.227. The number of anilines is 1. The van der Waals surface area contributed by atoms with Gasteiger partial charge < -0.3 is 10.1 Å². The lowest BCUT2D eigenvalue weighted by Crippen LogP contribution is -2.12. The van der Waals surface area contributed by atoms with E-state index in [-0.39, 0.29) is 5.56 Å². The Morgan fingerprint density at radius 2 is 1.90 bits per heavy atom. The average molecular weight is 427 g/mol. The zero-order valence-electron chi connectivity index (χ0n) is 17.1. The normalized spacial score (nSPS) is 12.4. The summed E-state index contributed by atoms with van der Waals surface area (Å²) >= 11 is 0. The Hall–Kier alpha value is -3.62. The van der Waals surface area contributed by atoms with Gasteiger partial charge in [-0.1, -0.05) is 18.2 Å². The lowest BCUT2D eigenvalue weighted by atomic mass is 10.0. The number of nitrogens with one attached hydrogen (secondary N) is 2. The van der Waals surface area contributed by atoms with Crippen LogP contribution in [0.25, 0.3) is 22.0 Å². The quantitative estimate of drug-likeness (QED) is 0.420. The number of aryl methyl sites for hydroxylation is 1. The molecule has 2 heterocycles. The Balaban J connectivity index is 1.79. The summed E-state index contributed by atoms with van der Waals surface area (Å²) < 4.78 is 46.4. The second-order valence-corrected chi connectivity index (χ2v) is 7.09. The van der Waals surface area contributed by atoms with Crippen LogP contribution in [0.3, 0.4) is 0 Å². The molecule has 0 aliphatic heterocycles. The molecule has 1 atom stereocenters. The fourth-order valence-electron chi connectivity index (χ4n) is 3.53. The number of nitrogens with zero attached hydrogens (tertiary/aromatic N) is 3. The molecule has 6 nitrogen and oxygen atoms in total. The van der Waals surface area contributed by atoms with E-state index in [0.29, 0.717) is 28.3 Å². The Kier molecular flexibility index (Phi) is 5.50. The van der Waals surface area contributed by atoms with Crippen molar-refractivity contribution in [2.75, 3.05) is 12.4 Å². The molecule has 0 fully saturated rings. The summed E-state index contributed by atoms with van der Waals surface area (Å²) in [5, 5.41) is 10.6. The highest BCUT2D eigenvalue weighted by molar-refractivity contribution is 5.94. The summed E-state index contributed by atoms with van der Waals surface area (Å²) in [5.74, 6) is 0.622. The summed E-state index contributed by atoms with van der Waals surface area (Å²) in [6, 6.07) is 7.02. The van der Waals surface area contributed by atoms with Crippen LogP contribution < -0.4 is 10.1 Å². The van der Waals surface area contributed by atoms with E-state index < -0.39 is 23.8 Å². The minimum Gasteiger partial charge on any atom is -0.496 e. The molecule has 2 aromatic heterocycles. The number of alkyl halides is 2. The van der Waals surface area contributed by atoms with Gasteiger partial charge in [-0.05, 0) is 26.0 Å². The van der Waals surface area contributed by atoms with Crippen molar-refractivity contribution in [1.82, 2.24) is 20.2 Å². The molecule has 160 valence electrons. The number of fused-ring (bicyclic) bond motifs is 1. The molecule has 0 unspecified atom stereocenters. The number of aromatic nitrogens is 4. The average Bonchev–Trinajstić information content (AvgIpc) is 3.27. The van der Waals surface area contributed by atoms with Crippen LogP contribution in [0.2, 0.25) is 0 Å². The predicted octanol–water partition coefficient (Wildman–Crippen LogP) is 5.59. The number of methoxy groups -OCH3 is 1. The Morgan fingerprint density at radius 3 is 2.58 bits per heavy atom. The van der Waals surface area contributed by atoms with E-state index in [9.17, 15) is 13.2 Å². The smallest absolute Gasteiger partial charge is 0.266 e. The highest BCUT2D eigenvalue weighted by Gasteiger charge is 2.21. The molecule has 2 N–H and O–H groups in total. The largest absolute Gasteiger partial charge is 0.496 e. The maximum absolute atomic E-state index is 14.6. The van der Waals surface area contributed by atoms with Crippen LogP contribution in [0.1, 0.15) is 36.3 Å². The molecule has 9 heteroatoms. The van der Waals surface area contributed by atoms with Crippen molar-refractivity contribution in [3.8, 4) is 16.9 Å².